The highest BCUT2D eigenvalue weighted by Crippen LogP contribution is 2.55. The second kappa shape index (κ2) is 12.2. The van der Waals surface area contributed by atoms with Crippen LogP contribution in [-0.4, -0.2) is 0 Å². The van der Waals surface area contributed by atoms with Crippen molar-refractivity contribution in [1.29, 1.82) is 10.5 Å². The molecule has 0 atom stereocenters. The van der Waals surface area contributed by atoms with Gasteiger partial charge in [0.25, 0.3) is 0 Å². The van der Waals surface area contributed by atoms with Gasteiger partial charge in [-0.15, -0.1) is 0 Å². The van der Waals surface area contributed by atoms with Crippen molar-refractivity contribution in [3.05, 3.63) is 193 Å². The van der Waals surface area contributed by atoms with Crippen molar-refractivity contribution in [2.24, 2.45) is 0 Å². The van der Waals surface area contributed by atoms with Crippen molar-refractivity contribution in [3.8, 4) is 56.6 Å². The molecule has 12 rings (SSSR count). The summed E-state index contributed by atoms with van der Waals surface area (Å²) in [5, 5.41) is 37.2. The van der Waals surface area contributed by atoms with Crippen LogP contribution in [0.2, 0.25) is 0 Å². The van der Waals surface area contributed by atoms with Crippen LogP contribution in [0, 0.1) is 22.7 Å². The van der Waals surface area contributed by atoms with E-state index in [4.69, 9.17) is 0 Å². The van der Waals surface area contributed by atoms with Crippen LogP contribution in [0.3, 0.4) is 0 Å². The zero-order chi connectivity index (χ0) is 38.5. The van der Waals surface area contributed by atoms with Gasteiger partial charge in [-0.05, 0) is 144 Å². The van der Waals surface area contributed by atoms with E-state index in [0.29, 0.717) is 11.1 Å². The lowest BCUT2D eigenvalue weighted by molar-refractivity contribution is 1.43. The summed E-state index contributed by atoms with van der Waals surface area (Å²) in [5.74, 6) is 0. The molecule has 0 aliphatic carbocycles. The molecule has 0 N–H and O–H groups in total. The molecule has 0 saturated heterocycles. The van der Waals surface area contributed by atoms with Crippen LogP contribution in [0.25, 0.3) is 120 Å². The van der Waals surface area contributed by atoms with Crippen molar-refractivity contribution < 1.29 is 0 Å². The van der Waals surface area contributed by atoms with Gasteiger partial charge in [-0.2, -0.15) is 10.5 Å². The largest absolute Gasteiger partial charge is 0.192 e. The van der Waals surface area contributed by atoms with E-state index in [1.807, 2.05) is 12.1 Å². The molecule has 0 radical (unpaired) electrons. The zero-order valence-electron chi connectivity index (χ0n) is 31.2. The molecule has 12 aromatic carbocycles. The Bertz CT molecular complexity index is 3740. The first-order valence-corrected chi connectivity index (χ1v) is 19.6. The van der Waals surface area contributed by atoms with Crippen LogP contribution in [0.15, 0.2) is 182 Å². The van der Waals surface area contributed by atoms with E-state index in [9.17, 15) is 10.5 Å². The number of benzene rings is 10. The Kier molecular flexibility index (Phi) is 6.80. The molecule has 2 heteroatoms. The maximum absolute atomic E-state index is 9.77. The fourth-order valence-corrected chi connectivity index (χ4v) is 10.0. The normalized spacial score (nSPS) is 11.8. The minimum Gasteiger partial charge on any atom is -0.192 e. The van der Waals surface area contributed by atoms with Crippen LogP contribution in [-0.2, 0) is 0 Å². The number of nitrogens with zero attached hydrogens (tertiary/aromatic N) is 2. The molecule has 0 fully saturated rings. The minimum atomic E-state index is 0.385. The molecule has 12 aromatic rings. The third-order valence-electron chi connectivity index (χ3n) is 12.4. The monoisotopic (exact) mass is 730 g/mol. The quantitative estimate of drug-likeness (QED) is 0.169. The Morgan fingerprint density at radius 1 is 0.259 bits per heavy atom. The number of fused-ring (bicyclic) bond motifs is 8. The molecule has 0 heterocycles. The van der Waals surface area contributed by atoms with Crippen molar-refractivity contribution >= 4 is 75.4 Å². The van der Waals surface area contributed by atoms with Crippen molar-refractivity contribution in [2.75, 3.05) is 0 Å². The van der Waals surface area contributed by atoms with Crippen LogP contribution < -0.4 is 0 Å². The van der Waals surface area contributed by atoms with Gasteiger partial charge in [0.1, 0.15) is 12.1 Å². The van der Waals surface area contributed by atoms with Gasteiger partial charge >= 0.3 is 0 Å². The van der Waals surface area contributed by atoms with Crippen molar-refractivity contribution in [3.63, 3.8) is 0 Å². The van der Waals surface area contributed by atoms with Crippen LogP contribution in [0.4, 0.5) is 0 Å². The lowest BCUT2D eigenvalue weighted by atomic mass is 9.84. The molecular weight excluding hydrogens is 701 g/mol. The average Bonchev–Trinajstić information content (AvgIpc) is 3.80. The summed E-state index contributed by atoms with van der Waals surface area (Å²) in [6.45, 7) is 0. The first-order valence-electron chi connectivity index (χ1n) is 19.6. The predicted octanol–water partition coefficient (Wildman–Crippen LogP) is 15.0. The topological polar surface area (TPSA) is 47.6 Å². The smallest absolute Gasteiger partial charge is 0.101 e. The average molecular weight is 731 g/mol. The lowest BCUT2D eigenvalue weighted by Gasteiger charge is -2.19. The zero-order valence-corrected chi connectivity index (χ0v) is 31.2. The maximum Gasteiger partial charge on any atom is 0.101 e. The van der Waals surface area contributed by atoms with Crippen molar-refractivity contribution in [2.45, 2.75) is 0 Å². The molecule has 0 saturated carbocycles. The van der Waals surface area contributed by atoms with E-state index in [1.54, 1.807) is 6.07 Å². The number of hydrogen-bond donors (Lipinski definition) is 0. The Hall–Kier alpha value is -8.04. The highest BCUT2D eigenvalue weighted by atomic mass is 14.3. The Labute approximate surface area is 334 Å². The predicted molar refractivity (Wildman–Crippen MR) is 243 cm³/mol. The van der Waals surface area contributed by atoms with Gasteiger partial charge in [0.2, 0.25) is 0 Å². The highest BCUT2D eigenvalue weighted by Gasteiger charge is 2.27. The SMILES string of the molecule is N#Cc1ccc(-c2cccc(-c3ccc4c5c(-c6ccccc6)c6c(cc7c8ccccc8c8cccc6c87)c(-c6ccccc6)c5c5cccc3c54)c2)cc1C#N. The fraction of sp³-hybridized carbons (Fsp3) is 0. The summed E-state index contributed by atoms with van der Waals surface area (Å²) < 4.78 is 0. The van der Waals surface area contributed by atoms with Crippen molar-refractivity contribution in [1.82, 2.24) is 0 Å². The maximum atomic E-state index is 9.77. The number of nitriles is 2. The van der Waals surface area contributed by atoms with E-state index in [2.05, 4.69) is 176 Å². The van der Waals surface area contributed by atoms with E-state index in [1.165, 1.54) is 97.7 Å². The summed E-state index contributed by atoms with van der Waals surface area (Å²) >= 11 is 0. The molecule has 0 aliphatic heterocycles. The second-order valence-corrected chi connectivity index (χ2v) is 15.3. The van der Waals surface area contributed by atoms with Gasteiger partial charge in [-0.1, -0.05) is 158 Å². The summed E-state index contributed by atoms with van der Waals surface area (Å²) in [7, 11) is 0. The van der Waals surface area contributed by atoms with E-state index < -0.39 is 0 Å². The Morgan fingerprint density at radius 3 is 1.52 bits per heavy atom. The molecule has 58 heavy (non-hydrogen) atoms. The summed E-state index contributed by atoms with van der Waals surface area (Å²) in [6.07, 6.45) is 0. The van der Waals surface area contributed by atoms with Crippen LogP contribution in [0.1, 0.15) is 11.1 Å². The standard InChI is InChI=1S/C56H30N2/c57-31-38-25-24-36(29-39(38)32-58)35-16-9-17-37(28-35)40-26-27-47-52-43(40)20-10-23-46(52)55-50(33-12-3-1-4-13-33)49-30-48-42-19-8-7-18-41(42)44-21-11-22-45(53(44)48)54(49)51(56(47)55)34-14-5-2-6-15-34/h1-30H. The Morgan fingerprint density at radius 2 is 0.776 bits per heavy atom. The summed E-state index contributed by atoms with van der Waals surface area (Å²) in [5.41, 5.74) is 9.87. The van der Waals surface area contributed by atoms with Gasteiger partial charge < -0.3 is 0 Å². The van der Waals surface area contributed by atoms with E-state index >= 15 is 0 Å². The van der Waals surface area contributed by atoms with Crippen LogP contribution in [0.5, 0.6) is 0 Å². The van der Waals surface area contributed by atoms with Gasteiger partial charge in [0.15, 0.2) is 0 Å². The van der Waals surface area contributed by atoms with Gasteiger partial charge in [0.05, 0.1) is 11.1 Å². The molecule has 0 aromatic heterocycles. The Balaban J connectivity index is 1.25. The fourth-order valence-electron chi connectivity index (χ4n) is 10.0. The van der Waals surface area contributed by atoms with E-state index in [-0.39, 0.29) is 0 Å². The lowest BCUT2D eigenvalue weighted by Crippen LogP contribution is -1.91. The molecule has 0 unspecified atom stereocenters. The molecule has 0 amide bonds. The molecule has 2 nitrogen and oxygen atoms in total. The third-order valence-corrected chi connectivity index (χ3v) is 12.4. The van der Waals surface area contributed by atoms with Gasteiger partial charge in [-0.25, -0.2) is 0 Å². The molecule has 0 aliphatic rings. The number of rotatable bonds is 4. The van der Waals surface area contributed by atoms with Gasteiger partial charge in [0, 0.05) is 0 Å². The molecular formula is C56H30N2. The minimum absolute atomic E-state index is 0.385. The first-order chi connectivity index (χ1) is 28.7. The van der Waals surface area contributed by atoms with E-state index in [0.717, 1.165) is 22.3 Å². The second-order valence-electron chi connectivity index (χ2n) is 15.3. The number of hydrogen-bond acceptors (Lipinski definition) is 2. The third kappa shape index (κ3) is 4.40. The summed E-state index contributed by atoms with van der Waals surface area (Å²) in [4.78, 5) is 0. The highest BCUT2D eigenvalue weighted by molar-refractivity contribution is 6.45. The van der Waals surface area contributed by atoms with Gasteiger partial charge in [-0.3, -0.25) is 0 Å². The molecule has 0 spiro atoms. The molecule has 0 bridgehead atoms. The molecule has 264 valence electrons. The van der Waals surface area contributed by atoms with Crippen LogP contribution >= 0.6 is 0 Å². The first kappa shape index (κ1) is 32.2. The summed E-state index contributed by atoms with van der Waals surface area (Å²) in [6, 6.07) is 70.0.